The van der Waals surface area contributed by atoms with E-state index in [0.717, 1.165) is 18.4 Å². The van der Waals surface area contributed by atoms with Crippen LogP contribution in [0.1, 0.15) is 25.3 Å². The van der Waals surface area contributed by atoms with Gasteiger partial charge in [-0.2, -0.15) is 5.10 Å². The number of hydrogen-bond donors (Lipinski definition) is 1. The molecule has 1 aliphatic heterocycles. The zero-order valence-electron chi connectivity index (χ0n) is 16.0. The maximum atomic E-state index is 12.2. The summed E-state index contributed by atoms with van der Waals surface area (Å²) in [4.78, 5) is 12.2. The molecule has 2 aromatic carbocycles. The van der Waals surface area contributed by atoms with Gasteiger partial charge in [0, 0.05) is 0 Å². The van der Waals surface area contributed by atoms with Crippen LogP contribution >= 0.6 is 0 Å². The van der Waals surface area contributed by atoms with E-state index in [4.69, 9.17) is 18.9 Å². The Morgan fingerprint density at radius 2 is 2.07 bits per heavy atom. The third-order valence-electron chi connectivity index (χ3n) is 4.13. The summed E-state index contributed by atoms with van der Waals surface area (Å²) in [7, 11) is 1.59. The summed E-state index contributed by atoms with van der Waals surface area (Å²) in [6.45, 7) is 2.89. The molecule has 0 unspecified atom stereocenters. The number of benzene rings is 2. The van der Waals surface area contributed by atoms with Gasteiger partial charge < -0.3 is 18.9 Å². The van der Waals surface area contributed by atoms with Crippen molar-refractivity contribution >= 4 is 12.1 Å². The second kappa shape index (κ2) is 9.64. The highest BCUT2D eigenvalue weighted by molar-refractivity contribution is 5.85. The van der Waals surface area contributed by atoms with E-state index in [2.05, 4.69) is 17.5 Å². The second-order valence-corrected chi connectivity index (χ2v) is 6.21. The largest absolute Gasteiger partial charge is 0.493 e. The number of amides is 1. The number of rotatable bonds is 8. The van der Waals surface area contributed by atoms with Crippen LogP contribution in [0.25, 0.3) is 0 Å². The van der Waals surface area contributed by atoms with Gasteiger partial charge in [0.15, 0.2) is 23.0 Å². The molecule has 7 nitrogen and oxygen atoms in total. The van der Waals surface area contributed by atoms with Gasteiger partial charge in [0.2, 0.25) is 6.10 Å². The molecule has 0 fully saturated rings. The van der Waals surface area contributed by atoms with Gasteiger partial charge in [-0.3, -0.25) is 4.79 Å². The Morgan fingerprint density at radius 3 is 2.86 bits per heavy atom. The molecule has 28 heavy (non-hydrogen) atoms. The van der Waals surface area contributed by atoms with Crippen molar-refractivity contribution < 1.29 is 23.7 Å². The number of ether oxygens (including phenoxy) is 4. The number of fused-ring (bicyclic) bond motifs is 1. The zero-order valence-corrected chi connectivity index (χ0v) is 16.0. The SMILES string of the molecule is CCCCOc1ccc(/C=N\NC(=O)[C@@H]2COc3ccccc3O2)cc1OC. The normalized spacial score (nSPS) is 15.3. The van der Waals surface area contributed by atoms with Crippen LogP contribution in [-0.4, -0.2) is 38.5 Å². The van der Waals surface area contributed by atoms with E-state index < -0.39 is 6.10 Å². The van der Waals surface area contributed by atoms with Crippen LogP contribution < -0.4 is 24.4 Å². The lowest BCUT2D eigenvalue weighted by Gasteiger charge is -2.24. The summed E-state index contributed by atoms with van der Waals surface area (Å²) in [5, 5.41) is 4.00. The standard InChI is InChI=1S/C21H24N2O5/c1-3-4-11-26-17-10-9-15(12-19(17)25-2)13-22-23-21(24)20-14-27-16-7-5-6-8-18(16)28-20/h5-10,12-13,20H,3-4,11,14H2,1-2H3,(H,23,24)/b22-13-/t20-/m0/s1. The van der Waals surface area contributed by atoms with Gasteiger partial charge in [0.1, 0.15) is 6.61 Å². The van der Waals surface area contributed by atoms with Crippen LogP contribution in [0.5, 0.6) is 23.0 Å². The fourth-order valence-corrected chi connectivity index (χ4v) is 2.60. The third kappa shape index (κ3) is 4.94. The van der Waals surface area contributed by atoms with Gasteiger partial charge in [-0.05, 0) is 42.3 Å². The Labute approximate surface area is 164 Å². The molecule has 0 saturated carbocycles. The molecule has 0 bridgehead atoms. The number of carbonyl (C=O) groups is 1. The lowest BCUT2D eigenvalue weighted by Crippen LogP contribution is -2.42. The molecule has 2 aromatic rings. The molecule has 7 heteroatoms. The van der Waals surface area contributed by atoms with Crippen molar-refractivity contribution in [2.45, 2.75) is 25.9 Å². The van der Waals surface area contributed by atoms with Crippen LogP contribution in [0.15, 0.2) is 47.6 Å². The van der Waals surface area contributed by atoms with Crippen molar-refractivity contribution in [3.8, 4) is 23.0 Å². The molecule has 148 valence electrons. The Balaban J connectivity index is 1.56. The average Bonchev–Trinajstić information content (AvgIpc) is 2.74. The summed E-state index contributed by atoms with van der Waals surface area (Å²) in [5.74, 6) is 2.09. The highest BCUT2D eigenvalue weighted by atomic mass is 16.6. The summed E-state index contributed by atoms with van der Waals surface area (Å²) >= 11 is 0. The summed E-state index contributed by atoms with van der Waals surface area (Å²) in [5.41, 5.74) is 3.25. The number of hydrogen-bond acceptors (Lipinski definition) is 6. The van der Waals surface area contributed by atoms with Crippen LogP contribution in [0.3, 0.4) is 0 Å². The number of unbranched alkanes of at least 4 members (excludes halogenated alkanes) is 1. The van der Waals surface area contributed by atoms with Crippen LogP contribution in [0.4, 0.5) is 0 Å². The Bertz CT molecular complexity index is 837. The molecular weight excluding hydrogens is 360 g/mol. The van der Waals surface area contributed by atoms with Crippen molar-refractivity contribution in [1.29, 1.82) is 0 Å². The number of nitrogens with one attached hydrogen (secondary N) is 1. The molecule has 1 atom stereocenters. The highest BCUT2D eigenvalue weighted by Crippen LogP contribution is 2.31. The van der Waals surface area contributed by atoms with Crippen molar-refractivity contribution in [1.82, 2.24) is 5.43 Å². The van der Waals surface area contributed by atoms with E-state index in [1.807, 2.05) is 24.3 Å². The van der Waals surface area contributed by atoms with Crippen molar-refractivity contribution in [3.05, 3.63) is 48.0 Å². The minimum atomic E-state index is -0.754. The maximum Gasteiger partial charge on any atom is 0.284 e. The number of methoxy groups -OCH3 is 1. The van der Waals surface area contributed by atoms with Gasteiger partial charge in [-0.1, -0.05) is 25.5 Å². The molecule has 0 aromatic heterocycles. The molecule has 0 radical (unpaired) electrons. The first-order valence-corrected chi connectivity index (χ1v) is 9.23. The van der Waals surface area contributed by atoms with Gasteiger partial charge in [0.05, 0.1) is 19.9 Å². The molecule has 0 aliphatic carbocycles. The number of hydrazone groups is 1. The molecule has 1 amide bonds. The van der Waals surface area contributed by atoms with E-state index in [1.54, 1.807) is 25.3 Å². The van der Waals surface area contributed by atoms with Crippen molar-refractivity contribution in [2.75, 3.05) is 20.3 Å². The van der Waals surface area contributed by atoms with E-state index in [-0.39, 0.29) is 12.5 Å². The number of nitrogens with zero attached hydrogens (tertiary/aromatic N) is 1. The van der Waals surface area contributed by atoms with Crippen LogP contribution in [0, 0.1) is 0 Å². The first kappa shape index (κ1) is 19.5. The van der Waals surface area contributed by atoms with E-state index in [1.165, 1.54) is 6.21 Å². The van der Waals surface area contributed by atoms with Crippen LogP contribution in [0.2, 0.25) is 0 Å². The average molecular weight is 384 g/mol. The minimum Gasteiger partial charge on any atom is -0.493 e. The monoisotopic (exact) mass is 384 g/mol. The number of carbonyl (C=O) groups excluding carboxylic acids is 1. The first-order valence-electron chi connectivity index (χ1n) is 9.23. The topological polar surface area (TPSA) is 78.4 Å². The second-order valence-electron chi connectivity index (χ2n) is 6.21. The highest BCUT2D eigenvalue weighted by Gasteiger charge is 2.26. The quantitative estimate of drug-likeness (QED) is 0.430. The molecule has 0 spiro atoms. The summed E-state index contributed by atoms with van der Waals surface area (Å²) in [6.07, 6.45) is 2.83. The van der Waals surface area contributed by atoms with Gasteiger partial charge in [-0.25, -0.2) is 5.43 Å². The minimum absolute atomic E-state index is 0.135. The molecule has 0 saturated heterocycles. The van der Waals surface area contributed by atoms with E-state index in [0.29, 0.717) is 29.6 Å². The van der Waals surface area contributed by atoms with Gasteiger partial charge in [-0.15, -0.1) is 0 Å². The lowest BCUT2D eigenvalue weighted by molar-refractivity contribution is -0.130. The smallest absolute Gasteiger partial charge is 0.284 e. The number of para-hydroxylation sites is 2. The molecular formula is C21H24N2O5. The Hall–Kier alpha value is -3.22. The van der Waals surface area contributed by atoms with Crippen LogP contribution in [-0.2, 0) is 4.79 Å². The predicted molar refractivity (Wildman–Crippen MR) is 105 cm³/mol. The first-order chi connectivity index (χ1) is 13.7. The molecule has 1 aliphatic rings. The van der Waals surface area contributed by atoms with Gasteiger partial charge >= 0.3 is 0 Å². The lowest BCUT2D eigenvalue weighted by atomic mass is 10.2. The Morgan fingerprint density at radius 1 is 1.25 bits per heavy atom. The summed E-state index contributed by atoms with van der Waals surface area (Å²) in [6, 6.07) is 12.7. The van der Waals surface area contributed by atoms with Crippen molar-refractivity contribution in [2.24, 2.45) is 5.10 Å². The molecule has 3 rings (SSSR count). The molecule has 1 heterocycles. The fraction of sp³-hybridized carbons (Fsp3) is 0.333. The zero-order chi connectivity index (χ0) is 19.8. The summed E-state index contributed by atoms with van der Waals surface area (Å²) < 4.78 is 22.3. The Kier molecular flexibility index (Phi) is 6.73. The van der Waals surface area contributed by atoms with Gasteiger partial charge in [0.25, 0.3) is 5.91 Å². The third-order valence-corrected chi connectivity index (χ3v) is 4.13. The predicted octanol–water partition coefficient (Wildman–Crippen LogP) is 3.16. The van der Waals surface area contributed by atoms with E-state index in [9.17, 15) is 4.79 Å². The molecule has 1 N–H and O–H groups in total. The maximum absolute atomic E-state index is 12.2. The van der Waals surface area contributed by atoms with E-state index >= 15 is 0 Å². The van der Waals surface area contributed by atoms with Crippen molar-refractivity contribution in [3.63, 3.8) is 0 Å². The fourth-order valence-electron chi connectivity index (χ4n) is 2.60.